The lowest BCUT2D eigenvalue weighted by Crippen LogP contribution is -2.15. The highest BCUT2D eigenvalue weighted by molar-refractivity contribution is 6.21. The van der Waals surface area contributed by atoms with Crippen molar-refractivity contribution in [3.05, 3.63) is 169 Å². The van der Waals surface area contributed by atoms with Crippen LogP contribution in [-0.4, -0.2) is 0 Å². The lowest BCUT2D eigenvalue weighted by molar-refractivity contribution is 0.661. The number of fused-ring (bicyclic) bond motifs is 11. The number of rotatable bonds is 2. The van der Waals surface area contributed by atoms with Gasteiger partial charge >= 0.3 is 0 Å². The van der Waals surface area contributed by atoms with Crippen LogP contribution in [0.15, 0.2) is 158 Å². The highest BCUT2D eigenvalue weighted by atomic mass is 14.4. The van der Waals surface area contributed by atoms with Crippen LogP contribution in [0.3, 0.4) is 0 Å². The Bertz CT molecular complexity index is 2870. The van der Waals surface area contributed by atoms with Crippen LogP contribution >= 0.6 is 0 Å². The first-order valence-electron chi connectivity index (χ1n) is 17.4. The Morgan fingerprint density at radius 1 is 0.306 bits per heavy atom. The second-order valence-electron chi connectivity index (χ2n) is 14.4. The quantitative estimate of drug-likeness (QED) is 0.180. The third kappa shape index (κ3) is 3.48. The van der Waals surface area contributed by atoms with Gasteiger partial charge in [-0.3, -0.25) is 0 Å². The summed E-state index contributed by atoms with van der Waals surface area (Å²) >= 11 is 0. The normalized spacial score (nSPS) is 13.7. The third-order valence-corrected chi connectivity index (χ3v) is 11.6. The van der Waals surface area contributed by atoms with E-state index in [0.717, 1.165) is 0 Å². The molecule has 2 aliphatic carbocycles. The molecule has 0 atom stereocenters. The second-order valence-corrected chi connectivity index (χ2v) is 14.4. The van der Waals surface area contributed by atoms with E-state index in [-0.39, 0.29) is 5.41 Å². The van der Waals surface area contributed by atoms with Gasteiger partial charge in [-0.25, -0.2) is 0 Å². The van der Waals surface area contributed by atoms with E-state index in [4.69, 9.17) is 0 Å². The SMILES string of the molecule is CC1(C)c2ccc3ccccc3c2-c2c1cc(-c1ccc(-c3ccc4c5c(cccc35)-c3ccccc3-4)c3ccccc13)c1ccccc21. The molecule has 0 amide bonds. The Balaban J connectivity index is 1.18. The summed E-state index contributed by atoms with van der Waals surface area (Å²) in [5, 5.41) is 10.5. The van der Waals surface area contributed by atoms with Gasteiger partial charge in [0.2, 0.25) is 0 Å². The highest BCUT2D eigenvalue weighted by Crippen LogP contribution is 2.56. The van der Waals surface area contributed by atoms with Crippen molar-refractivity contribution in [3.63, 3.8) is 0 Å². The average Bonchev–Trinajstić information content (AvgIpc) is 3.60. The maximum Gasteiger partial charge on any atom is 0.0159 e. The first-order valence-corrected chi connectivity index (χ1v) is 17.4. The molecule has 0 aromatic heterocycles. The molecule has 0 fully saturated rings. The first-order chi connectivity index (χ1) is 24.1. The molecule has 0 saturated carbocycles. The second kappa shape index (κ2) is 9.56. The summed E-state index contributed by atoms with van der Waals surface area (Å²) in [7, 11) is 0. The Morgan fingerprint density at radius 3 is 1.49 bits per heavy atom. The van der Waals surface area contributed by atoms with E-state index in [1.807, 2.05) is 0 Å². The molecule has 228 valence electrons. The van der Waals surface area contributed by atoms with Crippen molar-refractivity contribution in [2.45, 2.75) is 19.3 Å². The van der Waals surface area contributed by atoms with Gasteiger partial charge in [-0.2, -0.15) is 0 Å². The van der Waals surface area contributed by atoms with Crippen LogP contribution in [0, 0.1) is 0 Å². The van der Waals surface area contributed by atoms with E-state index in [1.54, 1.807) is 0 Å². The van der Waals surface area contributed by atoms with Gasteiger partial charge in [0.15, 0.2) is 0 Å². The van der Waals surface area contributed by atoms with Gasteiger partial charge in [0.1, 0.15) is 0 Å². The molecule has 0 saturated heterocycles. The standard InChI is InChI=1S/C49H32/c1-49(2)44-27-22-29-12-3-4-13-30(29)47(44)48-41-19-10-9-18-35(41)43(28-45(48)49)38-24-23-36(31-14-5-6-15-32(31)38)37-25-26-42-34-17-8-7-16-33(34)39-20-11-21-40(37)46(39)42/h3-28H,1-2H3. The Hall–Kier alpha value is -5.98. The van der Waals surface area contributed by atoms with Crippen molar-refractivity contribution >= 4 is 43.1 Å². The fraction of sp³-hybridized carbons (Fsp3) is 0.0612. The van der Waals surface area contributed by atoms with E-state index < -0.39 is 0 Å². The predicted octanol–water partition coefficient (Wildman–Crippen LogP) is 13.6. The Morgan fingerprint density at radius 2 is 0.776 bits per heavy atom. The molecule has 0 spiro atoms. The van der Waals surface area contributed by atoms with Gasteiger partial charge < -0.3 is 0 Å². The molecule has 0 N–H and O–H groups in total. The zero-order valence-electron chi connectivity index (χ0n) is 27.5. The van der Waals surface area contributed by atoms with Crippen LogP contribution in [0.5, 0.6) is 0 Å². The minimum Gasteiger partial charge on any atom is -0.0616 e. The largest absolute Gasteiger partial charge is 0.0616 e. The van der Waals surface area contributed by atoms with Gasteiger partial charge in [0.25, 0.3) is 0 Å². The zero-order chi connectivity index (χ0) is 32.4. The molecule has 0 heteroatoms. The monoisotopic (exact) mass is 620 g/mol. The first kappa shape index (κ1) is 27.0. The predicted molar refractivity (Wildman–Crippen MR) is 209 cm³/mol. The fourth-order valence-corrected chi connectivity index (χ4v) is 9.38. The van der Waals surface area contributed by atoms with E-state index in [0.29, 0.717) is 0 Å². The molecule has 9 aromatic rings. The fourth-order valence-electron chi connectivity index (χ4n) is 9.38. The van der Waals surface area contributed by atoms with E-state index in [2.05, 4.69) is 172 Å². The maximum absolute atomic E-state index is 2.52. The molecule has 2 aliphatic rings. The van der Waals surface area contributed by atoms with Crippen molar-refractivity contribution in [3.8, 4) is 55.6 Å². The zero-order valence-corrected chi connectivity index (χ0v) is 27.5. The molecule has 11 rings (SSSR count). The van der Waals surface area contributed by atoms with Gasteiger partial charge in [-0.1, -0.05) is 166 Å². The van der Waals surface area contributed by atoms with Gasteiger partial charge in [-0.15, -0.1) is 0 Å². The van der Waals surface area contributed by atoms with Crippen molar-refractivity contribution in [2.75, 3.05) is 0 Å². The summed E-state index contributed by atoms with van der Waals surface area (Å²) in [6.07, 6.45) is 0. The molecule has 9 aromatic carbocycles. The number of hydrogen-bond acceptors (Lipinski definition) is 0. The topological polar surface area (TPSA) is 0 Å². The van der Waals surface area contributed by atoms with E-state index >= 15 is 0 Å². The van der Waals surface area contributed by atoms with Crippen LogP contribution in [0.25, 0.3) is 98.7 Å². The van der Waals surface area contributed by atoms with Crippen LogP contribution in [0.4, 0.5) is 0 Å². The van der Waals surface area contributed by atoms with E-state index in [1.165, 1.54) is 110 Å². The summed E-state index contributed by atoms with van der Waals surface area (Å²) < 4.78 is 0. The average molecular weight is 621 g/mol. The summed E-state index contributed by atoms with van der Waals surface area (Å²) in [4.78, 5) is 0. The Kier molecular flexibility index (Phi) is 5.27. The third-order valence-electron chi connectivity index (χ3n) is 11.6. The van der Waals surface area contributed by atoms with E-state index in [9.17, 15) is 0 Å². The minimum absolute atomic E-state index is 0.120. The minimum atomic E-state index is -0.120. The van der Waals surface area contributed by atoms with Crippen molar-refractivity contribution < 1.29 is 0 Å². The molecule has 0 aliphatic heterocycles. The highest BCUT2D eigenvalue weighted by Gasteiger charge is 2.38. The summed E-state index contributed by atoms with van der Waals surface area (Å²) in [6.45, 7) is 4.81. The summed E-state index contributed by atoms with van der Waals surface area (Å²) in [5.74, 6) is 0. The Labute approximate surface area is 285 Å². The van der Waals surface area contributed by atoms with Gasteiger partial charge in [-0.05, 0) is 116 Å². The molecule has 0 bridgehead atoms. The van der Waals surface area contributed by atoms with Crippen LogP contribution in [-0.2, 0) is 5.41 Å². The van der Waals surface area contributed by atoms with Crippen molar-refractivity contribution in [1.82, 2.24) is 0 Å². The van der Waals surface area contributed by atoms with Crippen molar-refractivity contribution in [1.29, 1.82) is 0 Å². The number of benzene rings is 9. The van der Waals surface area contributed by atoms with Crippen LogP contribution in [0.1, 0.15) is 25.0 Å². The van der Waals surface area contributed by atoms with Crippen LogP contribution in [0.2, 0.25) is 0 Å². The molecule has 0 unspecified atom stereocenters. The van der Waals surface area contributed by atoms with Crippen LogP contribution < -0.4 is 0 Å². The lowest BCUT2D eigenvalue weighted by atomic mass is 9.80. The summed E-state index contributed by atoms with van der Waals surface area (Å²) in [5.41, 5.74) is 16.0. The van der Waals surface area contributed by atoms with Gasteiger partial charge in [0.05, 0.1) is 0 Å². The molecule has 0 nitrogen and oxygen atoms in total. The summed E-state index contributed by atoms with van der Waals surface area (Å²) in [6, 6.07) is 59.2. The van der Waals surface area contributed by atoms with Gasteiger partial charge in [0, 0.05) is 5.41 Å². The van der Waals surface area contributed by atoms with Crippen molar-refractivity contribution in [2.24, 2.45) is 0 Å². The number of hydrogen-bond donors (Lipinski definition) is 0. The molecule has 0 radical (unpaired) electrons. The lowest BCUT2D eigenvalue weighted by Gasteiger charge is -2.23. The maximum atomic E-state index is 2.52. The molecule has 49 heavy (non-hydrogen) atoms. The molecular weight excluding hydrogens is 589 g/mol. The molecule has 0 heterocycles. The molecular formula is C49H32. The smallest absolute Gasteiger partial charge is 0.0159 e.